The molecule has 0 saturated heterocycles. The smallest absolute Gasteiger partial charge is 0.127 e. The van der Waals surface area contributed by atoms with Gasteiger partial charge in [-0.05, 0) is 43.0 Å². The number of nitrogens with one attached hydrogen (secondary N) is 1. The summed E-state index contributed by atoms with van der Waals surface area (Å²) < 4.78 is 13.5. The van der Waals surface area contributed by atoms with Gasteiger partial charge in [0.05, 0.1) is 11.6 Å². The van der Waals surface area contributed by atoms with E-state index in [1.165, 1.54) is 12.1 Å². The van der Waals surface area contributed by atoms with Crippen LogP contribution in [0.4, 0.5) is 4.39 Å². The van der Waals surface area contributed by atoms with Crippen molar-refractivity contribution in [1.82, 2.24) is 5.32 Å². The fraction of sp³-hybridized carbons (Fsp3) is 0.500. The first-order valence-corrected chi connectivity index (χ1v) is 7.32. The average molecular weight is 266 g/mol. The molecule has 0 spiro atoms. The Balaban J connectivity index is 2.45. The molecule has 0 aromatic heterocycles. The van der Waals surface area contributed by atoms with Crippen molar-refractivity contribution in [2.45, 2.75) is 32.9 Å². The van der Waals surface area contributed by atoms with Gasteiger partial charge in [-0.3, -0.25) is 0 Å². The second-order valence-electron chi connectivity index (χ2n) is 4.19. The zero-order valence-electron chi connectivity index (χ0n) is 10.9. The molecule has 0 bridgehead atoms. The lowest BCUT2D eigenvalue weighted by Gasteiger charge is -2.13. The zero-order chi connectivity index (χ0) is 13.4. The topological polar surface area (TPSA) is 35.8 Å². The summed E-state index contributed by atoms with van der Waals surface area (Å²) in [4.78, 5) is 0. The predicted octanol–water partition coefficient (Wildman–Crippen LogP) is 3.32. The number of benzene rings is 1. The van der Waals surface area contributed by atoms with Gasteiger partial charge in [0.15, 0.2) is 0 Å². The molecule has 98 valence electrons. The molecule has 1 N–H and O–H groups in total. The van der Waals surface area contributed by atoms with Crippen LogP contribution in [0.25, 0.3) is 0 Å². The number of nitriles is 1. The molecular formula is C14H19FN2S. The summed E-state index contributed by atoms with van der Waals surface area (Å²) in [5, 5.41) is 12.1. The molecule has 18 heavy (non-hydrogen) atoms. The lowest BCUT2D eigenvalue weighted by molar-refractivity contribution is 0.519. The third kappa shape index (κ3) is 5.07. The number of rotatable bonds is 7. The van der Waals surface area contributed by atoms with Crippen molar-refractivity contribution in [3.05, 3.63) is 35.1 Å². The highest BCUT2D eigenvalue weighted by Gasteiger charge is 2.06. The lowest BCUT2D eigenvalue weighted by atomic mass is 10.1. The summed E-state index contributed by atoms with van der Waals surface area (Å²) in [6.45, 7) is 4.72. The van der Waals surface area contributed by atoms with E-state index in [4.69, 9.17) is 5.26 Å². The molecule has 1 aromatic carbocycles. The van der Waals surface area contributed by atoms with Crippen LogP contribution in [0, 0.1) is 17.1 Å². The van der Waals surface area contributed by atoms with Gasteiger partial charge in [0.2, 0.25) is 0 Å². The molecule has 0 aliphatic heterocycles. The van der Waals surface area contributed by atoms with E-state index in [0.29, 0.717) is 23.7 Å². The molecule has 0 fully saturated rings. The zero-order valence-corrected chi connectivity index (χ0v) is 11.7. The van der Waals surface area contributed by atoms with E-state index >= 15 is 0 Å². The molecular weight excluding hydrogens is 247 g/mol. The Labute approximate surface area is 113 Å². The number of halogens is 1. The van der Waals surface area contributed by atoms with Crippen molar-refractivity contribution in [2.24, 2.45) is 0 Å². The van der Waals surface area contributed by atoms with Crippen LogP contribution in [-0.2, 0) is 6.54 Å². The first-order valence-electron chi connectivity index (χ1n) is 6.17. The van der Waals surface area contributed by atoms with E-state index in [0.717, 1.165) is 17.9 Å². The molecule has 1 rings (SSSR count). The monoisotopic (exact) mass is 266 g/mol. The quantitative estimate of drug-likeness (QED) is 0.769. The highest BCUT2D eigenvalue weighted by Crippen LogP contribution is 2.11. The molecule has 0 amide bonds. The highest BCUT2D eigenvalue weighted by molar-refractivity contribution is 7.99. The minimum Gasteiger partial charge on any atom is -0.310 e. The minimum atomic E-state index is -0.253. The Morgan fingerprint density at radius 1 is 1.50 bits per heavy atom. The van der Waals surface area contributed by atoms with Crippen molar-refractivity contribution in [3.8, 4) is 6.07 Å². The summed E-state index contributed by atoms with van der Waals surface area (Å²) in [7, 11) is 0. The van der Waals surface area contributed by atoms with Gasteiger partial charge in [0, 0.05) is 18.2 Å². The van der Waals surface area contributed by atoms with E-state index in [1.807, 2.05) is 17.8 Å². The summed E-state index contributed by atoms with van der Waals surface area (Å²) in [6.07, 6.45) is 1.07. The summed E-state index contributed by atoms with van der Waals surface area (Å²) in [5.74, 6) is 1.99. The lowest BCUT2D eigenvalue weighted by Crippen LogP contribution is -2.26. The van der Waals surface area contributed by atoms with E-state index in [2.05, 4.69) is 19.2 Å². The normalized spacial score (nSPS) is 12.1. The van der Waals surface area contributed by atoms with Gasteiger partial charge in [-0.15, -0.1) is 0 Å². The molecule has 1 unspecified atom stereocenters. The molecule has 1 aromatic rings. The molecule has 0 radical (unpaired) electrons. The first kappa shape index (κ1) is 15.0. The van der Waals surface area contributed by atoms with Gasteiger partial charge in [0.25, 0.3) is 0 Å². The Morgan fingerprint density at radius 2 is 2.28 bits per heavy atom. The summed E-state index contributed by atoms with van der Waals surface area (Å²) in [6, 6.07) is 6.84. The maximum absolute atomic E-state index is 13.5. The largest absolute Gasteiger partial charge is 0.310 e. The standard InChI is InChI=1S/C14H19FN2S/c1-3-18-7-6-11(2)17-10-13-8-12(9-16)4-5-14(13)15/h4-5,8,11,17H,3,6-7,10H2,1-2H3. The van der Waals surface area contributed by atoms with Crippen molar-refractivity contribution in [1.29, 1.82) is 5.26 Å². The van der Waals surface area contributed by atoms with Crippen LogP contribution in [-0.4, -0.2) is 17.5 Å². The molecule has 0 aliphatic rings. The molecule has 4 heteroatoms. The number of hydrogen-bond acceptors (Lipinski definition) is 3. The molecule has 0 saturated carbocycles. The summed E-state index contributed by atoms with van der Waals surface area (Å²) >= 11 is 1.91. The van der Waals surface area contributed by atoms with Crippen LogP contribution in [0.5, 0.6) is 0 Å². The molecule has 1 atom stereocenters. The van der Waals surface area contributed by atoms with Crippen molar-refractivity contribution >= 4 is 11.8 Å². The fourth-order valence-electron chi connectivity index (χ4n) is 1.57. The fourth-order valence-corrected chi connectivity index (χ4v) is 2.38. The van der Waals surface area contributed by atoms with E-state index < -0.39 is 0 Å². The van der Waals surface area contributed by atoms with Crippen molar-refractivity contribution in [2.75, 3.05) is 11.5 Å². The van der Waals surface area contributed by atoms with E-state index in [1.54, 1.807) is 6.07 Å². The van der Waals surface area contributed by atoms with Gasteiger partial charge in [-0.1, -0.05) is 6.92 Å². The van der Waals surface area contributed by atoms with Crippen LogP contribution in [0.15, 0.2) is 18.2 Å². The van der Waals surface area contributed by atoms with E-state index in [9.17, 15) is 4.39 Å². The number of hydrogen-bond donors (Lipinski definition) is 1. The third-order valence-electron chi connectivity index (χ3n) is 2.72. The molecule has 0 heterocycles. The SMILES string of the molecule is CCSCCC(C)NCc1cc(C#N)ccc1F. The maximum Gasteiger partial charge on any atom is 0.127 e. The van der Waals surface area contributed by atoms with Gasteiger partial charge in [-0.25, -0.2) is 4.39 Å². The Hall–Kier alpha value is -1.05. The third-order valence-corrected chi connectivity index (χ3v) is 3.65. The number of thioether (sulfide) groups is 1. The Morgan fingerprint density at radius 3 is 2.94 bits per heavy atom. The second-order valence-corrected chi connectivity index (χ2v) is 5.58. The van der Waals surface area contributed by atoms with Crippen LogP contribution in [0.3, 0.4) is 0 Å². The maximum atomic E-state index is 13.5. The predicted molar refractivity (Wildman–Crippen MR) is 75.0 cm³/mol. The summed E-state index contributed by atoms with van der Waals surface area (Å²) in [5.41, 5.74) is 1.06. The van der Waals surface area contributed by atoms with Crippen LogP contribution in [0.1, 0.15) is 31.4 Å². The first-order chi connectivity index (χ1) is 8.67. The van der Waals surface area contributed by atoms with Crippen LogP contribution in [0.2, 0.25) is 0 Å². The Kier molecular flexibility index (Phi) is 6.77. The highest BCUT2D eigenvalue weighted by atomic mass is 32.2. The van der Waals surface area contributed by atoms with Gasteiger partial charge in [-0.2, -0.15) is 17.0 Å². The van der Waals surface area contributed by atoms with Crippen LogP contribution < -0.4 is 5.32 Å². The van der Waals surface area contributed by atoms with E-state index in [-0.39, 0.29) is 5.82 Å². The average Bonchev–Trinajstić information content (AvgIpc) is 2.38. The molecule has 0 aliphatic carbocycles. The molecule has 2 nitrogen and oxygen atoms in total. The second kappa shape index (κ2) is 8.12. The Bertz CT molecular complexity index is 415. The van der Waals surface area contributed by atoms with Gasteiger partial charge < -0.3 is 5.32 Å². The number of nitrogens with zero attached hydrogens (tertiary/aromatic N) is 1. The van der Waals surface area contributed by atoms with Crippen molar-refractivity contribution < 1.29 is 4.39 Å². The van der Waals surface area contributed by atoms with Crippen LogP contribution >= 0.6 is 11.8 Å². The van der Waals surface area contributed by atoms with Gasteiger partial charge in [0.1, 0.15) is 5.82 Å². The van der Waals surface area contributed by atoms with Gasteiger partial charge >= 0.3 is 0 Å². The minimum absolute atomic E-state index is 0.253. The van der Waals surface area contributed by atoms with Crippen molar-refractivity contribution in [3.63, 3.8) is 0 Å².